The zero-order chi connectivity index (χ0) is 19.3. The first-order valence-corrected chi connectivity index (χ1v) is 9.02. The van der Waals surface area contributed by atoms with E-state index in [2.05, 4.69) is 16.7 Å². The molecular formula is C21H28N2O3. The monoisotopic (exact) mass is 356 g/mol. The highest BCUT2D eigenvalue weighted by atomic mass is 16.5. The van der Waals surface area contributed by atoms with E-state index in [0.29, 0.717) is 18.7 Å². The number of amides is 1. The van der Waals surface area contributed by atoms with Crippen molar-refractivity contribution in [2.75, 3.05) is 13.2 Å². The molecule has 2 rings (SSSR count). The van der Waals surface area contributed by atoms with Crippen molar-refractivity contribution in [3.05, 3.63) is 58.9 Å². The van der Waals surface area contributed by atoms with Gasteiger partial charge >= 0.3 is 5.97 Å². The summed E-state index contributed by atoms with van der Waals surface area (Å²) in [6.45, 7) is 10.5. The number of aromatic nitrogens is 1. The Hall–Kier alpha value is -2.56. The molecule has 0 saturated carbocycles. The summed E-state index contributed by atoms with van der Waals surface area (Å²) in [5, 5.41) is 0. The van der Waals surface area contributed by atoms with Crippen LogP contribution in [0.5, 0.6) is 0 Å². The van der Waals surface area contributed by atoms with E-state index >= 15 is 0 Å². The van der Waals surface area contributed by atoms with Gasteiger partial charge < -0.3 is 14.2 Å². The molecule has 0 radical (unpaired) electrons. The standard InChI is InChI=1S/C21H28N2O3/c1-6-26-20(24)14-22(15(2)3)21(25)19-12-16(4)23(17(19)5)13-18-10-8-7-9-11-18/h7-12,15H,6,13-14H2,1-5H3. The average Bonchev–Trinajstić information content (AvgIpc) is 2.88. The molecule has 0 aliphatic carbocycles. The minimum Gasteiger partial charge on any atom is -0.465 e. The first kappa shape index (κ1) is 19.8. The molecule has 1 aromatic heterocycles. The van der Waals surface area contributed by atoms with Crippen LogP contribution in [0, 0.1) is 13.8 Å². The van der Waals surface area contributed by atoms with Gasteiger partial charge in [-0.15, -0.1) is 0 Å². The minimum absolute atomic E-state index is 0.0350. The van der Waals surface area contributed by atoms with Crippen LogP contribution in [0.3, 0.4) is 0 Å². The van der Waals surface area contributed by atoms with Gasteiger partial charge in [0, 0.05) is 24.0 Å². The van der Waals surface area contributed by atoms with Gasteiger partial charge in [0.15, 0.2) is 0 Å². The average molecular weight is 356 g/mol. The van der Waals surface area contributed by atoms with Crippen molar-refractivity contribution < 1.29 is 14.3 Å². The van der Waals surface area contributed by atoms with Crippen LogP contribution in [0.25, 0.3) is 0 Å². The van der Waals surface area contributed by atoms with Gasteiger partial charge in [-0.2, -0.15) is 0 Å². The summed E-state index contributed by atoms with van der Waals surface area (Å²) in [6, 6.07) is 12.0. The van der Waals surface area contributed by atoms with E-state index in [1.807, 2.05) is 52.0 Å². The van der Waals surface area contributed by atoms with Gasteiger partial charge in [0.25, 0.3) is 5.91 Å². The Labute approximate surface area is 155 Å². The molecule has 140 valence electrons. The smallest absolute Gasteiger partial charge is 0.325 e. The topological polar surface area (TPSA) is 51.5 Å². The SMILES string of the molecule is CCOC(=O)CN(C(=O)c1cc(C)n(Cc2ccccc2)c1C)C(C)C. The van der Waals surface area contributed by atoms with Crippen LogP contribution < -0.4 is 0 Å². The maximum Gasteiger partial charge on any atom is 0.325 e. The number of esters is 1. The Morgan fingerprint density at radius 1 is 1.15 bits per heavy atom. The molecule has 1 amide bonds. The van der Waals surface area contributed by atoms with Gasteiger partial charge in [0.1, 0.15) is 6.54 Å². The Morgan fingerprint density at radius 2 is 1.81 bits per heavy atom. The fourth-order valence-electron chi connectivity index (χ4n) is 3.02. The van der Waals surface area contributed by atoms with Crippen molar-refractivity contribution in [1.82, 2.24) is 9.47 Å². The van der Waals surface area contributed by atoms with Crippen molar-refractivity contribution >= 4 is 11.9 Å². The largest absolute Gasteiger partial charge is 0.465 e. The quantitative estimate of drug-likeness (QED) is 0.713. The Morgan fingerprint density at radius 3 is 2.38 bits per heavy atom. The first-order valence-electron chi connectivity index (χ1n) is 9.02. The third-order valence-corrected chi connectivity index (χ3v) is 4.48. The lowest BCUT2D eigenvalue weighted by Crippen LogP contribution is -2.41. The zero-order valence-electron chi connectivity index (χ0n) is 16.3. The fourth-order valence-corrected chi connectivity index (χ4v) is 3.02. The van der Waals surface area contributed by atoms with Crippen LogP contribution in [-0.2, 0) is 16.1 Å². The predicted molar refractivity (Wildman–Crippen MR) is 102 cm³/mol. The summed E-state index contributed by atoms with van der Waals surface area (Å²) in [6.07, 6.45) is 0. The van der Waals surface area contributed by atoms with Crippen molar-refractivity contribution in [2.45, 2.75) is 47.2 Å². The number of aryl methyl sites for hydroxylation is 1. The molecule has 5 heteroatoms. The normalized spacial score (nSPS) is 10.8. The minimum atomic E-state index is -0.382. The maximum atomic E-state index is 13.1. The predicted octanol–water partition coefficient (Wildman–Crippen LogP) is 3.57. The highest BCUT2D eigenvalue weighted by Gasteiger charge is 2.25. The van der Waals surface area contributed by atoms with Gasteiger partial charge in [-0.1, -0.05) is 30.3 Å². The second-order valence-corrected chi connectivity index (χ2v) is 6.69. The van der Waals surface area contributed by atoms with E-state index in [-0.39, 0.29) is 24.5 Å². The molecule has 2 aromatic rings. The van der Waals surface area contributed by atoms with E-state index < -0.39 is 0 Å². The molecule has 0 aliphatic rings. The molecular weight excluding hydrogens is 328 g/mol. The number of hydrogen-bond donors (Lipinski definition) is 0. The van der Waals surface area contributed by atoms with Gasteiger partial charge in [-0.05, 0) is 46.2 Å². The molecule has 0 aliphatic heterocycles. The Bertz CT molecular complexity index is 763. The highest BCUT2D eigenvalue weighted by molar-refractivity contribution is 5.97. The van der Waals surface area contributed by atoms with E-state index in [4.69, 9.17) is 4.74 Å². The molecule has 1 aromatic carbocycles. The van der Waals surface area contributed by atoms with Gasteiger partial charge in [-0.3, -0.25) is 9.59 Å². The summed E-state index contributed by atoms with van der Waals surface area (Å²) in [5.41, 5.74) is 3.75. The zero-order valence-corrected chi connectivity index (χ0v) is 16.3. The van der Waals surface area contributed by atoms with Crippen molar-refractivity contribution in [1.29, 1.82) is 0 Å². The molecule has 1 heterocycles. The molecule has 0 bridgehead atoms. The van der Waals surface area contributed by atoms with E-state index in [1.165, 1.54) is 5.56 Å². The van der Waals surface area contributed by atoms with Gasteiger partial charge in [0.05, 0.1) is 12.2 Å². The number of carbonyl (C=O) groups is 2. The lowest BCUT2D eigenvalue weighted by atomic mass is 10.2. The first-order chi connectivity index (χ1) is 12.3. The van der Waals surface area contributed by atoms with Crippen LogP contribution in [0.1, 0.15) is 48.1 Å². The summed E-state index contributed by atoms with van der Waals surface area (Å²) in [5.74, 6) is -0.520. The van der Waals surface area contributed by atoms with Crippen molar-refractivity contribution in [2.24, 2.45) is 0 Å². The summed E-state index contributed by atoms with van der Waals surface area (Å²) in [4.78, 5) is 26.5. The summed E-state index contributed by atoms with van der Waals surface area (Å²) >= 11 is 0. The number of hydrogen-bond acceptors (Lipinski definition) is 3. The van der Waals surface area contributed by atoms with E-state index in [9.17, 15) is 9.59 Å². The maximum absolute atomic E-state index is 13.1. The molecule has 0 saturated heterocycles. The second-order valence-electron chi connectivity index (χ2n) is 6.69. The number of rotatable bonds is 7. The van der Waals surface area contributed by atoms with Gasteiger partial charge in [0.2, 0.25) is 0 Å². The molecule has 26 heavy (non-hydrogen) atoms. The Kier molecular flexibility index (Phi) is 6.61. The van der Waals surface area contributed by atoms with E-state index in [1.54, 1.807) is 11.8 Å². The third kappa shape index (κ3) is 4.54. The fraction of sp³-hybridized carbons (Fsp3) is 0.429. The molecule has 0 atom stereocenters. The van der Waals surface area contributed by atoms with Gasteiger partial charge in [-0.25, -0.2) is 0 Å². The second kappa shape index (κ2) is 8.70. The molecule has 0 spiro atoms. The summed E-state index contributed by atoms with van der Waals surface area (Å²) < 4.78 is 7.14. The molecule has 5 nitrogen and oxygen atoms in total. The summed E-state index contributed by atoms with van der Waals surface area (Å²) in [7, 11) is 0. The van der Waals surface area contributed by atoms with Crippen LogP contribution in [-0.4, -0.2) is 40.5 Å². The highest BCUT2D eigenvalue weighted by Crippen LogP contribution is 2.20. The molecule has 0 fully saturated rings. The van der Waals surface area contributed by atoms with Crippen LogP contribution in [0.4, 0.5) is 0 Å². The number of carbonyl (C=O) groups excluding carboxylic acids is 2. The lowest BCUT2D eigenvalue weighted by molar-refractivity contribution is -0.144. The van der Waals surface area contributed by atoms with Crippen molar-refractivity contribution in [3.8, 4) is 0 Å². The number of benzene rings is 1. The number of nitrogens with zero attached hydrogens (tertiary/aromatic N) is 2. The lowest BCUT2D eigenvalue weighted by Gasteiger charge is -2.25. The van der Waals surface area contributed by atoms with Crippen molar-refractivity contribution in [3.63, 3.8) is 0 Å². The van der Waals surface area contributed by atoms with Crippen LogP contribution in [0.15, 0.2) is 36.4 Å². The molecule has 0 unspecified atom stereocenters. The van der Waals surface area contributed by atoms with Crippen LogP contribution in [0.2, 0.25) is 0 Å². The third-order valence-electron chi connectivity index (χ3n) is 4.48. The number of ether oxygens (including phenoxy) is 1. The van der Waals surface area contributed by atoms with Crippen LogP contribution >= 0.6 is 0 Å². The molecule has 0 N–H and O–H groups in total. The Balaban J connectivity index is 2.27. The van der Waals surface area contributed by atoms with E-state index in [0.717, 1.165) is 11.4 Å².